The normalized spacial score (nSPS) is 10.4. The average molecular weight is 485 g/mol. The van der Waals surface area contributed by atoms with Gasteiger partial charge in [-0.2, -0.15) is 5.26 Å². The SMILES string of the molecule is N#Cc1c(-c2ccccc2)c(-c2ccccc2)n(Cc2ccccc2)c1NC(=S)Nc1ccccc1. The lowest BCUT2D eigenvalue weighted by atomic mass is 9.98. The molecule has 0 radical (unpaired) electrons. The van der Waals surface area contributed by atoms with Crippen LogP contribution in [0.4, 0.5) is 11.5 Å². The van der Waals surface area contributed by atoms with Crippen LogP contribution in [-0.4, -0.2) is 9.68 Å². The van der Waals surface area contributed by atoms with Gasteiger partial charge in [0.15, 0.2) is 5.11 Å². The molecule has 0 aliphatic heterocycles. The van der Waals surface area contributed by atoms with E-state index >= 15 is 0 Å². The zero-order chi connectivity index (χ0) is 24.7. The fourth-order valence-electron chi connectivity index (χ4n) is 4.35. The standard InChI is InChI=1S/C31H24N4S/c32-21-27-28(24-15-7-2-8-16-24)29(25-17-9-3-10-18-25)35(22-23-13-5-1-6-14-23)30(27)34-31(36)33-26-19-11-4-12-20-26/h1-20H,22H2,(H2,33,34,36). The summed E-state index contributed by atoms with van der Waals surface area (Å²) in [5.74, 6) is 0.660. The molecule has 5 rings (SSSR count). The fourth-order valence-corrected chi connectivity index (χ4v) is 4.57. The van der Waals surface area contributed by atoms with E-state index in [1.165, 1.54) is 0 Å². The van der Waals surface area contributed by atoms with Crippen LogP contribution in [0.25, 0.3) is 22.4 Å². The zero-order valence-electron chi connectivity index (χ0n) is 19.6. The molecule has 0 aliphatic rings. The Bertz CT molecular complexity index is 1500. The van der Waals surface area contributed by atoms with Crippen molar-refractivity contribution in [1.29, 1.82) is 5.26 Å². The summed E-state index contributed by atoms with van der Waals surface area (Å²) in [6.45, 7) is 0.572. The third-order valence-electron chi connectivity index (χ3n) is 5.93. The molecule has 0 bridgehead atoms. The van der Waals surface area contributed by atoms with Crippen LogP contribution in [0, 0.1) is 11.3 Å². The first-order chi connectivity index (χ1) is 17.7. The number of para-hydroxylation sites is 1. The van der Waals surface area contributed by atoms with Crippen LogP contribution in [0.3, 0.4) is 0 Å². The van der Waals surface area contributed by atoms with Crippen molar-refractivity contribution < 1.29 is 0 Å². The molecular formula is C31H24N4S. The van der Waals surface area contributed by atoms with Gasteiger partial charge in [0.1, 0.15) is 17.5 Å². The van der Waals surface area contributed by atoms with Gasteiger partial charge in [-0.15, -0.1) is 0 Å². The van der Waals surface area contributed by atoms with Crippen LogP contribution in [-0.2, 0) is 6.54 Å². The summed E-state index contributed by atoms with van der Waals surface area (Å²) in [6.07, 6.45) is 0. The highest BCUT2D eigenvalue weighted by Gasteiger charge is 2.26. The summed E-state index contributed by atoms with van der Waals surface area (Å²) in [5, 5.41) is 17.5. The van der Waals surface area contributed by atoms with Crippen LogP contribution in [0.1, 0.15) is 11.1 Å². The number of nitriles is 1. The molecule has 0 saturated carbocycles. The number of hydrogen-bond donors (Lipinski definition) is 2. The Balaban J connectivity index is 1.71. The third kappa shape index (κ3) is 4.90. The molecule has 4 nitrogen and oxygen atoms in total. The Kier molecular flexibility index (Phi) is 6.88. The molecule has 0 fully saturated rings. The average Bonchev–Trinajstić information content (AvgIpc) is 3.23. The van der Waals surface area contributed by atoms with Gasteiger partial charge in [-0.1, -0.05) is 109 Å². The van der Waals surface area contributed by atoms with Crippen LogP contribution in [0.2, 0.25) is 0 Å². The molecular weight excluding hydrogens is 460 g/mol. The van der Waals surface area contributed by atoms with Crippen LogP contribution in [0.15, 0.2) is 121 Å². The second-order valence-corrected chi connectivity index (χ2v) is 8.72. The molecule has 0 aliphatic carbocycles. The molecule has 2 N–H and O–H groups in total. The first kappa shape index (κ1) is 23.1. The lowest BCUT2D eigenvalue weighted by Crippen LogP contribution is -2.22. The predicted octanol–water partition coefficient (Wildman–Crippen LogP) is 7.55. The highest BCUT2D eigenvalue weighted by Crippen LogP contribution is 2.42. The number of thiocarbonyl (C=S) groups is 1. The molecule has 0 amide bonds. The zero-order valence-corrected chi connectivity index (χ0v) is 20.4. The van der Waals surface area contributed by atoms with Crippen LogP contribution in [0.5, 0.6) is 0 Å². The predicted molar refractivity (Wildman–Crippen MR) is 152 cm³/mol. The molecule has 0 saturated heterocycles. The topological polar surface area (TPSA) is 52.8 Å². The van der Waals surface area contributed by atoms with Crippen molar-refractivity contribution in [3.8, 4) is 28.5 Å². The van der Waals surface area contributed by atoms with Gasteiger partial charge in [0.05, 0.1) is 5.69 Å². The number of nitrogens with zero attached hydrogens (tertiary/aromatic N) is 2. The number of nitrogens with one attached hydrogen (secondary N) is 2. The molecule has 36 heavy (non-hydrogen) atoms. The molecule has 0 atom stereocenters. The van der Waals surface area contributed by atoms with Gasteiger partial charge in [-0.05, 0) is 41.0 Å². The minimum atomic E-state index is 0.420. The van der Waals surface area contributed by atoms with E-state index in [0.717, 1.165) is 33.6 Å². The summed E-state index contributed by atoms with van der Waals surface area (Å²) in [5.41, 5.74) is 6.40. The second-order valence-electron chi connectivity index (χ2n) is 8.31. The van der Waals surface area contributed by atoms with E-state index in [1.54, 1.807) is 0 Å². The summed E-state index contributed by atoms with van der Waals surface area (Å²) in [7, 11) is 0. The van der Waals surface area contributed by atoms with Gasteiger partial charge in [0.25, 0.3) is 0 Å². The summed E-state index contributed by atoms with van der Waals surface area (Å²) < 4.78 is 2.16. The van der Waals surface area contributed by atoms with Crippen molar-refractivity contribution in [2.75, 3.05) is 10.6 Å². The Morgan fingerprint density at radius 1 is 0.694 bits per heavy atom. The second kappa shape index (κ2) is 10.7. The molecule has 0 unspecified atom stereocenters. The van der Waals surface area contributed by atoms with Crippen LogP contribution >= 0.6 is 12.2 Å². The highest BCUT2D eigenvalue weighted by atomic mass is 32.1. The Hall–Kier alpha value is -4.66. The van der Waals surface area contributed by atoms with Gasteiger partial charge in [0.2, 0.25) is 0 Å². The van der Waals surface area contributed by atoms with Gasteiger partial charge < -0.3 is 15.2 Å². The smallest absolute Gasteiger partial charge is 0.176 e. The lowest BCUT2D eigenvalue weighted by Gasteiger charge is -2.17. The van der Waals surface area contributed by atoms with E-state index in [9.17, 15) is 5.26 Å². The van der Waals surface area contributed by atoms with Crippen molar-refractivity contribution in [3.63, 3.8) is 0 Å². The number of anilines is 2. The maximum absolute atomic E-state index is 10.4. The van der Waals surface area contributed by atoms with E-state index in [1.807, 2.05) is 97.1 Å². The Labute approximate surface area is 216 Å². The van der Waals surface area contributed by atoms with Gasteiger partial charge in [-0.3, -0.25) is 0 Å². The third-order valence-corrected chi connectivity index (χ3v) is 6.14. The molecule has 5 aromatic rings. The quantitative estimate of drug-likeness (QED) is 0.244. The maximum atomic E-state index is 10.4. The van der Waals surface area contributed by atoms with E-state index in [2.05, 4.69) is 45.5 Å². The number of aromatic nitrogens is 1. The van der Waals surface area contributed by atoms with E-state index in [4.69, 9.17) is 12.2 Å². The highest BCUT2D eigenvalue weighted by molar-refractivity contribution is 7.80. The van der Waals surface area contributed by atoms with Crippen LogP contribution < -0.4 is 10.6 Å². The summed E-state index contributed by atoms with van der Waals surface area (Å²) >= 11 is 5.69. The molecule has 5 heteroatoms. The maximum Gasteiger partial charge on any atom is 0.176 e. The largest absolute Gasteiger partial charge is 0.332 e. The van der Waals surface area contributed by atoms with Gasteiger partial charge >= 0.3 is 0 Å². The molecule has 1 heterocycles. The van der Waals surface area contributed by atoms with Crippen molar-refractivity contribution >= 4 is 28.8 Å². The minimum Gasteiger partial charge on any atom is -0.332 e. The van der Waals surface area contributed by atoms with E-state index in [0.29, 0.717) is 23.0 Å². The van der Waals surface area contributed by atoms with Crippen molar-refractivity contribution in [1.82, 2.24) is 4.57 Å². The molecule has 1 aromatic heterocycles. The Morgan fingerprint density at radius 3 is 1.81 bits per heavy atom. The monoisotopic (exact) mass is 484 g/mol. The van der Waals surface area contributed by atoms with Crippen molar-refractivity contribution in [3.05, 3.63) is 132 Å². The lowest BCUT2D eigenvalue weighted by molar-refractivity contribution is 0.824. The summed E-state index contributed by atoms with van der Waals surface area (Å²) in [6, 6.07) is 42.7. The van der Waals surface area contributed by atoms with E-state index in [-0.39, 0.29) is 0 Å². The Morgan fingerprint density at radius 2 is 1.22 bits per heavy atom. The molecule has 174 valence electrons. The van der Waals surface area contributed by atoms with Gasteiger partial charge in [-0.25, -0.2) is 0 Å². The molecule has 0 spiro atoms. The molecule has 4 aromatic carbocycles. The number of benzene rings is 4. The van der Waals surface area contributed by atoms with E-state index < -0.39 is 0 Å². The van der Waals surface area contributed by atoms with Crippen molar-refractivity contribution in [2.24, 2.45) is 0 Å². The number of rotatable bonds is 6. The van der Waals surface area contributed by atoms with Gasteiger partial charge in [0, 0.05) is 17.8 Å². The first-order valence-electron chi connectivity index (χ1n) is 11.7. The first-order valence-corrected chi connectivity index (χ1v) is 12.1. The minimum absolute atomic E-state index is 0.420. The number of hydrogen-bond acceptors (Lipinski definition) is 2. The fraction of sp³-hybridized carbons (Fsp3) is 0.0323. The van der Waals surface area contributed by atoms with Crippen molar-refractivity contribution in [2.45, 2.75) is 6.54 Å². The summed E-state index contributed by atoms with van der Waals surface area (Å²) in [4.78, 5) is 0.